The molecule has 0 saturated heterocycles. The van der Waals surface area contributed by atoms with E-state index < -0.39 is 12.0 Å². The van der Waals surface area contributed by atoms with Crippen molar-refractivity contribution in [2.45, 2.75) is 0 Å². The summed E-state index contributed by atoms with van der Waals surface area (Å²) in [5.74, 6) is -0.484. The molecule has 2 aromatic carbocycles. The number of ether oxygens (including phenoxy) is 1. The Morgan fingerprint density at radius 1 is 1.05 bits per heavy atom. The summed E-state index contributed by atoms with van der Waals surface area (Å²) in [6.07, 6.45) is 0. The summed E-state index contributed by atoms with van der Waals surface area (Å²) in [4.78, 5) is 23.4. The van der Waals surface area contributed by atoms with Crippen LogP contribution in [0.25, 0.3) is 0 Å². The number of carbonyl (C=O) groups is 2. The predicted molar refractivity (Wildman–Crippen MR) is 86.9 cm³/mol. The van der Waals surface area contributed by atoms with Gasteiger partial charge in [-0.05, 0) is 36.4 Å². The number of methoxy groups -OCH3 is 1. The minimum Gasteiger partial charge on any atom is -0.465 e. The summed E-state index contributed by atoms with van der Waals surface area (Å²) in [6.45, 7) is 0. The average molecular weight is 339 g/mol. The number of amides is 2. The number of benzene rings is 2. The van der Waals surface area contributed by atoms with Crippen LogP contribution in [0.15, 0.2) is 42.5 Å². The van der Waals surface area contributed by atoms with Crippen molar-refractivity contribution >= 4 is 46.6 Å². The number of anilines is 2. The van der Waals surface area contributed by atoms with E-state index in [1.54, 1.807) is 30.3 Å². The van der Waals surface area contributed by atoms with Gasteiger partial charge < -0.3 is 15.4 Å². The monoisotopic (exact) mass is 338 g/mol. The van der Waals surface area contributed by atoms with Crippen molar-refractivity contribution in [1.82, 2.24) is 0 Å². The van der Waals surface area contributed by atoms with Crippen LogP contribution in [-0.2, 0) is 4.74 Å². The van der Waals surface area contributed by atoms with E-state index in [1.165, 1.54) is 19.2 Å². The van der Waals surface area contributed by atoms with Crippen molar-refractivity contribution in [2.24, 2.45) is 0 Å². The van der Waals surface area contributed by atoms with Gasteiger partial charge >= 0.3 is 12.0 Å². The van der Waals surface area contributed by atoms with Crippen LogP contribution in [0, 0.1) is 0 Å². The van der Waals surface area contributed by atoms with Crippen LogP contribution < -0.4 is 10.6 Å². The molecule has 0 aliphatic carbocycles. The number of carbonyl (C=O) groups excluding carboxylic acids is 2. The molecule has 7 heteroatoms. The highest BCUT2D eigenvalue weighted by Crippen LogP contribution is 2.25. The second-order valence-corrected chi connectivity index (χ2v) is 5.12. The molecule has 0 bridgehead atoms. The Hall–Kier alpha value is -2.24. The third-order valence-electron chi connectivity index (χ3n) is 2.72. The Morgan fingerprint density at radius 3 is 2.55 bits per heavy atom. The molecule has 2 amide bonds. The van der Waals surface area contributed by atoms with Gasteiger partial charge in [0.2, 0.25) is 0 Å². The van der Waals surface area contributed by atoms with Crippen molar-refractivity contribution in [2.75, 3.05) is 17.7 Å². The highest BCUT2D eigenvalue weighted by molar-refractivity contribution is 6.35. The van der Waals surface area contributed by atoms with Crippen molar-refractivity contribution in [1.29, 1.82) is 0 Å². The molecule has 0 spiro atoms. The predicted octanol–water partition coefficient (Wildman–Crippen LogP) is 4.42. The number of hydrogen-bond acceptors (Lipinski definition) is 3. The molecule has 5 nitrogen and oxygen atoms in total. The van der Waals surface area contributed by atoms with Gasteiger partial charge in [0.15, 0.2) is 0 Å². The van der Waals surface area contributed by atoms with E-state index in [0.29, 0.717) is 27.0 Å². The molecule has 2 N–H and O–H groups in total. The van der Waals surface area contributed by atoms with Crippen LogP contribution >= 0.6 is 23.2 Å². The first-order chi connectivity index (χ1) is 10.5. The van der Waals surface area contributed by atoms with Gasteiger partial charge in [0.05, 0.1) is 23.4 Å². The Labute approximate surface area is 137 Å². The minimum atomic E-state index is -0.508. The van der Waals surface area contributed by atoms with E-state index in [0.717, 1.165) is 0 Å². The van der Waals surface area contributed by atoms with E-state index in [2.05, 4.69) is 15.4 Å². The summed E-state index contributed by atoms with van der Waals surface area (Å²) in [7, 11) is 1.29. The first-order valence-electron chi connectivity index (χ1n) is 6.21. The second kappa shape index (κ2) is 7.15. The minimum absolute atomic E-state index is 0.334. The maximum Gasteiger partial charge on any atom is 0.337 e. The number of esters is 1. The van der Waals surface area contributed by atoms with E-state index in [-0.39, 0.29) is 0 Å². The molecule has 0 heterocycles. The molecule has 0 saturated carbocycles. The molecule has 0 atom stereocenters. The Balaban J connectivity index is 2.09. The normalized spacial score (nSPS) is 9.95. The molecule has 114 valence electrons. The smallest absolute Gasteiger partial charge is 0.337 e. The zero-order valence-corrected chi connectivity index (χ0v) is 13.0. The molecule has 0 aliphatic heterocycles. The lowest BCUT2D eigenvalue weighted by atomic mass is 10.2. The molecule has 2 rings (SSSR count). The Kier molecular flexibility index (Phi) is 5.25. The highest BCUT2D eigenvalue weighted by Gasteiger charge is 2.09. The lowest BCUT2D eigenvalue weighted by Gasteiger charge is -2.10. The van der Waals surface area contributed by atoms with E-state index >= 15 is 0 Å². The van der Waals surface area contributed by atoms with Crippen LogP contribution in [0.4, 0.5) is 16.2 Å². The van der Waals surface area contributed by atoms with Gasteiger partial charge in [0.1, 0.15) is 0 Å². The van der Waals surface area contributed by atoms with Gasteiger partial charge in [-0.2, -0.15) is 0 Å². The van der Waals surface area contributed by atoms with Crippen LogP contribution in [0.5, 0.6) is 0 Å². The van der Waals surface area contributed by atoms with Gasteiger partial charge in [-0.3, -0.25) is 0 Å². The molecule has 2 aromatic rings. The standard InChI is InChI=1S/C15H12Cl2N2O3/c1-22-14(20)9-3-2-4-11(7-9)18-15(21)19-13-8-10(16)5-6-12(13)17/h2-8H,1H3,(H2,18,19,21). The van der Waals surface area contributed by atoms with Crippen LogP contribution in [-0.4, -0.2) is 19.1 Å². The largest absolute Gasteiger partial charge is 0.465 e. The summed E-state index contributed by atoms with van der Waals surface area (Å²) >= 11 is 11.8. The molecule has 0 radical (unpaired) electrons. The third-order valence-corrected chi connectivity index (χ3v) is 3.28. The maximum atomic E-state index is 12.0. The summed E-state index contributed by atoms with van der Waals surface area (Å²) in [5, 5.41) is 5.99. The SMILES string of the molecule is COC(=O)c1cccc(NC(=O)Nc2cc(Cl)ccc2Cl)c1. The van der Waals surface area contributed by atoms with Gasteiger partial charge in [-0.25, -0.2) is 9.59 Å². The molecule has 0 aromatic heterocycles. The lowest BCUT2D eigenvalue weighted by Crippen LogP contribution is -2.19. The van der Waals surface area contributed by atoms with Crippen molar-refractivity contribution in [3.63, 3.8) is 0 Å². The van der Waals surface area contributed by atoms with Crippen molar-refractivity contribution in [3.8, 4) is 0 Å². The molecule has 0 aliphatic rings. The van der Waals surface area contributed by atoms with Crippen LogP contribution in [0.3, 0.4) is 0 Å². The fourth-order valence-corrected chi connectivity index (χ4v) is 2.06. The number of hydrogen-bond donors (Lipinski definition) is 2. The van der Waals surface area contributed by atoms with Crippen molar-refractivity contribution in [3.05, 3.63) is 58.1 Å². The zero-order chi connectivity index (χ0) is 16.1. The summed E-state index contributed by atoms with van der Waals surface area (Å²) in [6, 6.07) is 10.6. The number of halogens is 2. The zero-order valence-electron chi connectivity index (χ0n) is 11.5. The molecule has 0 fully saturated rings. The quantitative estimate of drug-likeness (QED) is 0.813. The van der Waals surface area contributed by atoms with Gasteiger partial charge in [0, 0.05) is 10.7 Å². The van der Waals surface area contributed by atoms with Gasteiger partial charge in [-0.1, -0.05) is 29.3 Å². The van der Waals surface area contributed by atoms with Gasteiger partial charge in [-0.15, -0.1) is 0 Å². The van der Waals surface area contributed by atoms with E-state index in [9.17, 15) is 9.59 Å². The number of urea groups is 1. The Bertz CT molecular complexity index is 720. The number of nitrogens with one attached hydrogen (secondary N) is 2. The highest BCUT2D eigenvalue weighted by atomic mass is 35.5. The van der Waals surface area contributed by atoms with E-state index in [4.69, 9.17) is 23.2 Å². The summed E-state index contributed by atoms with van der Waals surface area (Å²) < 4.78 is 4.62. The average Bonchev–Trinajstić information content (AvgIpc) is 2.50. The molecule has 22 heavy (non-hydrogen) atoms. The second-order valence-electron chi connectivity index (χ2n) is 4.28. The van der Waals surface area contributed by atoms with Crippen LogP contribution in [0.2, 0.25) is 10.0 Å². The fourth-order valence-electron chi connectivity index (χ4n) is 1.72. The maximum absolute atomic E-state index is 12.0. The van der Waals surface area contributed by atoms with E-state index in [1.807, 2.05) is 0 Å². The van der Waals surface area contributed by atoms with Crippen LogP contribution in [0.1, 0.15) is 10.4 Å². The first-order valence-corrected chi connectivity index (χ1v) is 6.96. The summed E-state index contributed by atoms with van der Waals surface area (Å²) in [5.41, 5.74) is 1.16. The number of rotatable bonds is 3. The Morgan fingerprint density at radius 2 is 1.82 bits per heavy atom. The third kappa shape index (κ3) is 4.13. The van der Waals surface area contributed by atoms with Gasteiger partial charge in [0.25, 0.3) is 0 Å². The molecular formula is C15H12Cl2N2O3. The van der Waals surface area contributed by atoms with Crippen molar-refractivity contribution < 1.29 is 14.3 Å². The molecule has 0 unspecified atom stereocenters. The topological polar surface area (TPSA) is 67.4 Å². The first kappa shape index (κ1) is 16.1. The lowest BCUT2D eigenvalue weighted by molar-refractivity contribution is 0.0600. The molecular weight excluding hydrogens is 327 g/mol. The fraction of sp³-hybridized carbons (Fsp3) is 0.0667.